The Hall–Kier alpha value is -1.20. The van der Waals surface area contributed by atoms with Gasteiger partial charge in [0.2, 0.25) is 0 Å². The van der Waals surface area contributed by atoms with Crippen molar-refractivity contribution in [2.45, 2.75) is 47.2 Å². The van der Waals surface area contributed by atoms with Crippen molar-refractivity contribution >= 4 is 21.6 Å². The third kappa shape index (κ3) is 3.35. The predicted molar refractivity (Wildman–Crippen MR) is 90.2 cm³/mol. The highest BCUT2D eigenvalue weighted by Gasteiger charge is 2.16. The number of aromatic nitrogens is 2. The van der Waals surface area contributed by atoms with Crippen molar-refractivity contribution in [1.82, 2.24) is 14.5 Å². The number of hydrogen-bond acceptors (Lipinski definition) is 4. The molecule has 0 unspecified atom stereocenters. The highest BCUT2D eigenvalue weighted by molar-refractivity contribution is 7.18. The molecule has 0 radical (unpaired) electrons. The third-order valence-electron chi connectivity index (χ3n) is 3.76. The van der Waals surface area contributed by atoms with Gasteiger partial charge in [0.05, 0.1) is 11.9 Å². The van der Waals surface area contributed by atoms with E-state index in [-0.39, 0.29) is 5.56 Å². The number of rotatable bonds is 5. The molecule has 0 amide bonds. The SMILES string of the molecule is Cc1sc2nc(CN(C)C)n(CCC(C)C)c(=O)c2c1C. The summed E-state index contributed by atoms with van der Waals surface area (Å²) in [6.07, 6.45) is 0.996. The van der Waals surface area contributed by atoms with Crippen molar-refractivity contribution in [2.24, 2.45) is 5.92 Å². The van der Waals surface area contributed by atoms with Crippen LogP contribution in [0.1, 0.15) is 36.5 Å². The zero-order chi connectivity index (χ0) is 15.7. The van der Waals surface area contributed by atoms with Gasteiger partial charge in [0.1, 0.15) is 10.7 Å². The molecule has 0 aliphatic carbocycles. The van der Waals surface area contributed by atoms with Crippen LogP contribution in [-0.4, -0.2) is 28.5 Å². The highest BCUT2D eigenvalue weighted by atomic mass is 32.1. The zero-order valence-corrected chi connectivity index (χ0v) is 14.7. The van der Waals surface area contributed by atoms with Crippen LogP contribution in [0.5, 0.6) is 0 Å². The van der Waals surface area contributed by atoms with Crippen molar-refractivity contribution < 1.29 is 0 Å². The van der Waals surface area contributed by atoms with Gasteiger partial charge in [-0.05, 0) is 45.8 Å². The lowest BCUT2D eigenvalue weighted by Crippen LogP contribution is -2.28. The van der Waals surface area contributed by atoms with Gasteiger partial charge in [-0.3, -0.25) is 9.36 Å². The molecule has 116 valence electrons. The van der Waals surface area contributed by atoms with Gasteiger partial charge in [-0.1, -0.05) is 13.8 Å². The molecule has 0 N–H and O–H groups in total. The summed E-state index contributed by atoms with van der Waals surface area (Å²) in [5.41, 5.74) is 1.21. The summed E-state index contributed by atoms with van der Waals surface area (Å²) in [7, 11) is 4.02. The maximum Gasteiger partial charge on any atom is 0.262 e. The van der Waals surface area contributed by atoms with Crippen LogP contribution in [0.3, 0.4) is 0 Å². The lowest BCUT2D eigenvalue weighted by atomic mass is 10.1. The summed E-state index contributed by atoms with van der Waals surface area (Å²) in [6, 6.07) is 0. The van der Waals surface area contributed by atoms with Gasteiger partial charge in [0, 0.05) is 11.4 Å². The Kier molecular flexibility index (Phi) is 4.84. The topological polar surface area (TPSA) is 38.1 Å². The van der Waals surface area contributed by atoms with E-state index in [9.17, 15) is 4.79 Å². The molecule has 0 aromatic carbocycles. The lowest BCUT2D eigenvalue weighted by molar-refractivity contribution is 0.371. The Labute approximate surface area is 130 Å². The van der Waals surface area contributed by atoms with E-state index in [0.717, 1.165) is 34.6 Å². The van der Waals surface area contributed by atoms with E-state index in [1.54, 1.807) is 11.3 Å². The van der Waals surface area contributed by atoms with Crippen LogP contribution in [0.2, 0.25) is 0 Å². The monoisotopic (exact) mass is 307 g/mol. The summed E-state index contributed by atoms with van der Waals surface area (Å²) in [5.74, 6) is 1.45. The molecule has 2 aromatic rings. The van der Waals surface area contributed by atoms with Crippen molar-refractivity contribution in [1.29, 1.82) is 0 Å². The number of aryl methyl sites for hydroxylation is 2. The van der Waals surface area contributed by atoms with Crippen molar-refractivity contribution in [3.8, 4) is 0 Å². The summed E-state index contributed by atoms with van der Waals surface area (Å²) in [4.78, 5) is 21.8. The first kappa shape index (κ1) is 16.2. The van der Waals surface area contributed by atoms with E-state index in [0.29, 0.717) is 12.5 Å². The van der Waals surface area contributed by atoms with Crippen LogP contribution in [0.25, 0.3) is 10.2 Å². The maximum atomic E-state index is 12.9. The minimum Gasteiger partial charge on any atom is -0.302 e. The number of fused-ring (bicyclic) bond motifs is 1. The van der Waals surface area contributed by atoms with Crippen molar-refractivity contribution in [2.75, 3.05) is 14.1 Å². The van der Waals surface area contributed by atoms with Gasteiger partial charge < -0.3 is 4.90 Å². The van der Waals surface area contributed by atoms with E-state index < -0.39 is 0 Å². The number of nitrogens with zero attached hydrogens (tertiary/aromatic N) is 3. The van der Waals surface area contributed by atoms with E-state index in [1.807, 2.05) is 25.6 Å². The molecule has 0 bridgehead atoms. The molecule has 5 heteroatoms. The molecule has 0 saturated heterocycles. The van der Waals surface area contributed by atoms with E-state index >= 15 is 0 Å². The van der Waals surface area contributed by atoms with Gasteiger partial charge >= 0.3 is 0 Å². The Morgan fingerprint density at radius 2 is 1.95 bits per heavy atom. The first-order chi connectivity index (χ1) is 9.81. The van der Waals surface area contributed by atoms with E-state index in [4.69, 9.17) is 4.98 Å². The summed E-state index contributed by atoms with van der Waals surface area (Å²) in [6.45, 7) is 9.89. The minimum atomic E-state index is 0.124. The Bertz CT molecular complexity index is 698. The largest absolute Gasteiger partial charge is 0.302 e. The molecule has 0 spiro atoms. The normalized spacial score (nSPS) is 12.0. The summed E-state index contributed by atoms with van der Waals surface area (Å²) < 4.78 is 1.88. The highest BCUT2D eigenvalue weighted by Crippen LogP contribution is 2.26. The van der Waals surface area contributed by atoms with Gasteiger partial charge in [-0.15, -0.1) is 11.3 Å². The van der Waals surface area contributed by atoms with Gasteiger partial charge in [-0.2, -0.15) is 0 Å². The molecule has 2 heterocycles. The lowest BCUT2D eigenvalue weighted by Gasteiger charge is -2.16. The molecule has 0 saturated carbocycles. The molecular weight excluding hydrogens is 282 g/mol. The molecule has 21 heavy (non-hydrogen) atoms. The molecule has 2 aromatic heterocycles. The van der Waals surface area contributed by atoms with Crippen LogP contribution in [0, 0.1) is 19.8 Å². The van der Waals surface area contributed by atoms with Crippen LogP contribution >= 0.6 is 11.3 Å². The molecule has 0 aliphatic rings. The van der Waals surface area contributed by atoms with Crippen molar-refractivity contribution in [3.05, 3.63) is 26.6 Å². The quantitative estimate of drug-likeness (QED) is 0.851. The second kappa shape index (κ2) is 6.28. The molecule has 4 nitrogen and oxygen atoms in total. The average Bonchev–Trinajstić information content (AvgIpc) is 2.63. The molecule has 2 rings (SSSR count). The number of hydrogen-bond donors (Lipinski definition) is 0. The number of thiophene rings is 1. The Morgan fingerprint density at radius 3 is 2.52 bits per heavy atom. The Morgan fingerprint density at radius 1 is 1.29 bits per heavy atom. The summed E-state index contributed by atoms with van der Waals surface area (Å²) >= 11 is 1.62. The van der Waals surface area contributed by atoms with E-state index in [1.165, 1.54) is 4.88 Å². The second-order valence-electron chi connectivity index (χ2n) is 6.37. The van der Waals surface area contributed by atoms with Crippen LogP contribution in [0.4, 0.5) is 0 Å². The molecule has 0 atom stereocenters. The third-order valence-corrected chi connectivity index (χ3v) is 4.86. The zero-order valence-electron chi connectivity index (χ0n) is 13.9. The minimum absolute atomic E-state index is 0.124. The average molecular weight is 307 g/mol. The van der Waals surface area contributed by atoms with Crippen molar-refractivity contribution in [3.63, 3.8) is 0 Å². The molecular formula is C16H25N3OS. The fourth-order valence-corrected chi connectivity index (χ4v) is 3.43. The Balaban J connectivity index is 2.62. The first-order valence-corrected chi connectivity index (χ1v) is 8.27. The standard InChI is InChI=1S/C16H25N3OS/c1-10(2)7-8-19-13(9-18(5)6)17-15-14(16(19)20)11(3)12(4)21-15/h10H,7-9H2,1-6H3. The predicted octanol–water partition coefficient (Wildman–Crippen LogP) is 3.18. The molecule has 0 aliphatic heterocycles. The van der Waals surface area contributed by atoms with Crippen LogP contribution < -0.4 is 5.56 Å². The fourth-order valence-electron chi connectivity index (χ4n) is 2.39. The van der Waals surface area contributed by atoms with Gasteiger partial charge in [-0.25, -0.2) is 4.98 Å². The van der Waals surface area contributed by atoms with Crippen LogP contribution in [-0.2, 0) is 13.1 Å². The van der Waals surface area contributed by atoms with E-state index in [2.05, 4.69) is 25.7 Å². The second-order valence-corrected chi connectivity index (χ2v) is 7.57. The summed E-state index contributed by atoms with van der Waals surface area (Å²) in [5, 5.41) is 0.809. The fraction of sp³-hybridized carbons (Fsp3) is 0.625. The van der Waals surface area contributed by atoms with Gasteiger partial charge in [0.25, 0.3) is 5.56 Å². The maximum absolute atomic E-state index is 12.9. The van der Waals surface area contributed by atoms with Crippen LogP contribution in [0.15, 0.2) is 4.79 Å². The molecule has 0 fully saturated rings. The smallest absolute Gasteiger partial charge is 0.262 e. The van der Waals surface area contributed by atoms with Gasteiger partial charge in [0.15, 0.2) is 0 Å². The first-order valence-electron chi connectivity index (χ1n) is 7.45.